The van der Waals surface area contributed by atoms with Gasteiger partial charge in [-0.2, -0.15) is 0 Å². The number of nitrogens with zero attached hydrogens (tertiary/aromatic N) is 2. The van der Waals surface area contributed by atoms with Gasteiger partial charge in [-0.1, -0.05) is 13.0 Å². The topological polar surface area (TPSA) is 38.0 Å². The van der Waals surface area contributed by atoms with E-state index in [-0.39, 0.29) is 0 Å². The largest absolute Gasteiger partial charge is 0.507 e. The number of rotatable bonds is 3. The van der Waals surface area contributed by atoms with Crippen LogP contribution in [0.3, 0.4) is 0 Å². The minimum atomic E-state index is 0.340. The number of hydrogen-bond donors (Lipinski definition) is 1. The van der Waals surface area contributed by atoms with Crippen LogP contribution in [0.1, 0.15) is 19.0 Å². The first-order valence-corrected chi connectivity index (χ1v) is 6.95. The van der Waals surface area contributed by atoms with Gasteiger partial charge in [0.25, 0.3) is 0 Å². The lowest BCUT2D eigenvalue weighted by atomic mass is 10.0. The summed E-state index contributed by atoms with van der Waals surface area (Å²) in [5.74, 6) is 0.340. The summed E-state index contributed by atoms with van der Waals surface area (Å²) in [7, 11) is 0. The van der Waals surface area contributed by atoms with Gasteiger partial charge < -0.3 is 9.67 Å². The molecule has 20 heavy (non-hydrogen) atoms. The number of phenols is 1. The lowest BCUT2D eigenvalue weighted by molar-refractivity contribution is 0.481. The average molecular weight is 266 g/mol. The summed E-state index contributed by atoms with van der Waals surface area (Å²) in [6.45, 7) is 5.24. The van der Waals surface area contributed by atoms with Crippen LogP contribution in [0.5, 0.6) is 5.75 Å². The van der Waals surface area contributed by atoms with Gasteiger partial charge in [0.1, 0.15) is 5.75 Å². The van der Waals surface area contributed by atoms with E-state index in [9.17, 15) is 5.11 Å². The Bertz CT molecular complexity index is 745. The van der Waals surface area contributed by atoms with Gasteiger partial charge in [0.15, 0.2) is 0 Å². The molecule has 0 atom stereocenters. The molecule has 0 bridgehead atoms. The first-order chi connectivity index (χ1) is 9.74. The van der Waals surface area contributed by atoms with E-state index in [0.717, 1.165) is 35.0 Å². The monoisotopic (exact) mass is 266 g/mol. The molecule has 3 rings (SSSR count). The van der Waals surface area contributed by atoms with Crippen molar-refractivity contribution >= 4 is 10.9 Å². The van der Waals surface area contributed by atoms with E-state index >= 15 is 0 Å². The molecule has 0 unspecified atom stereocenters. The van der Waals surface area contributed by atoms with Gasteiger partial charge in [0.2, 0.25) is 0 Å². The Hall–Kier alpha value is -2.29. The van der Waals surface area contributed by atoms with E-state index in [1.54, 1.807) is 18.5 Å². The second kappa shape index (κ2) is 5.00. The molecule has 3 nitrogen and oxygen atoms in total. The Kier molecular flexibility index (Phi) is 3.18. The van der Waals surface area contributed by atoms with Gasteiger partial charge in [-0.15, -0.1) is 0 Å². The highest BCUT2D eigenvalue weighted by Crippen LogP contribution is 2.39. The fraction of sp³-hybridized carbons (Fsp3) is 0.235. The molecule has 102 valence electrons. The van der Waals surface area contributed by atoms with Gasteiger partial charge >= 0.3 is 0 Å². The first kappa shape index (κ1) is 12.7. The van der Waals surface area contributed by atoms with Crippen LogP contribution in [-0.4, -0.2) is 14.7 Å². The van der Waals surface area contributed by atoms with Crippen molar-refractivity contribution in [3.05, 3.63) is 48.4 Å². The molecular formula is C17H18N2O. The van der Waals surface area contributed by atoms with Gasteiger partial charge in [-0.05, 0) is 43.2 Å². The van der Waals surface area contributed by atoms with E-state index in [4.69, 9.17) is 0 Å². The smallest absolute Gasteiger partial charge is 0.125 e. The van der Waals surface area contributed by atoms with Crippen LogP contribution in [0.25, 0.3) is 22.0 Å². The highest BCUT2D eigenvalue weighted by molar-refractivity contribution is 6.01. The summed E-state index contributed by atoms with van der Waals surface area (Å²) in [6.07, 6.45) is 4.64. The van der Waals surface area contributed by atoms with Crippen LogP contribution in [-0.2, 0) is 6.54 Å². The van der Waals surface area contributed by atoms with Gasteiger partial charge in [0.05, 0.1) is 5.52 Å². The summed E-state index contributed by atoms with van der Waals surface area (Å²) < 4.78 is 2.28. The zero-order valence-electron chi connectivity index (χ0n) is 11.8. The summed E-state index contributed by atoms with van der Waals surface area (Å²) in [5, 5.41) is 11.2. The van der Waals surface area contributed by atoms with Crippen molar-refractivity contribution in [2.24, 2.45) is 0 Å². The zero-order chi connectivity index (χ0) is 14.1. The molecule has 0 fully saturated rings. The summed E-state index contributed by atoms with van der Waals surface area (Å²) in [4.78, 5) is 4.08. The Balaban J connectivity index is 2.39. The van der Waals surface area contributed by atoms with E-state index in [1.165, 1.54) is 5.69 Å². The van der Waals surface area contributed by atoms with Crippen molar-refractivity contribution in [1.29, 1.82) is 0 Å². The number of hydrogen-bond acceptors (Lipinski definition) is 2. The molecule has 0 aliphatic carbocycles. The van der Waals surface area contributed by atoms with Crippen LogP contribution in [0.4, 0.5) is 0 Å². The Labute approximate surface area is 118 Å². The molecule has 2 aromatic heterocycles. The molecule has 1 aromatic carbocycles. The number of aromatic nitrogens is 2. The van der Waals surface area contributed by atoms with Gasteiger partial charge in [-0.25, -0.2) is 0 Å². The Morgan fingerprint density at radius 2 is 1.90 bits per heavy atom. The van der Waals surface area contributed by atoms with Crippen molar-refractivity contribution in [3.8, 4) is 16.9 Å². The molecule has 0 amide bonds. The lowest BCUT2D eigenvalue weighted by Crippen LogP contribution is -1.98. The molecule has 3 heteroatoms. The predicted molar refractivity (Wildman–Crippen MR) is 81.9 cm³/mol. The van der Waals surface area contributed by atoms with Crippen molar-refractivity contribution < 1.29 is 5.11 Å². The van der Waals surface area contributed by atoms with Crippen molar-refractivity contribution in [2.45, 2.75) is 26.8 Å². The quantitative estimate of drug-likeness (QED) is 0.774. The standard InChI is InChI=1S/C17H18N2O/c1-3-11-19-12(2)16(13-7-9-18-10-8-13)17-14(19)5-4-6-15(17)20/h4-10,20H,3,11H2,1-2H3. The third-order valence-corrected chi connectivity index (χ3v) is 3.74. The third kappa shape index (κ3) is 1.86. The van der Waals surface area contributed by atoms with E-state index in [0.29, 0.717) is 5.75 Å². The number of fused-ring (bicyclic) bond motifs is 1. The second-order valence-electron chi connectivity index (χ2n) is 5.02. The highest BCUT2D eigenvalue weighted by atomic mass is 16.3. The molecule has 3 aromatic rings. The van der Waals surface area contributed by atoms with Crippen molar-refractivity contribution in [3.63, 3.8) is 0 Å². The maximum absolute atomic E-state index is 10.3. The van der Waals surface area contributed by atoms with E-state index < -0.39 is 0 Å². The third-order valence-electron chi connectivity index (χ3n) is 3.74. The number of pyridine rings is 1. The first-order valence-electron chi connectivity index (χ1n) is 6.95. The predicted octanol–water partition coefficient (Wildman–Crippen LogP) is 4.13. The minimum Gasteiger partial charge on any atom is -0.507 e. The van der Waals surface area contributed by atoms with Crippen LogP contribution < -0.4 is 0 Å². The van der Waals surface area contributed by atoms with Crippen LogP contribution in [0.15, 0.2) is 42.7 Å². The summed E-state index contributed by atoms with van der Waals surface area (Å²) in [6, 6.07) is 9.71. The molecule has 0 aliphatic heterocycles. The van der Waals surface area contributed by atoms with Crippen LogP contribution in [0, 0.1) is 6.92 Å². The summed E-state index contributed by atoms with van der Waals surface area (Å²) in [5.41, 5.74) is 4.48. The molecule has 1 N–H and O–H groups in total. The number of phenolic OH excluding ortho intramolecular Hbond substituents is 1. The van der Waals surface area contributed by atoms with Crippen LogP contribution >= 0.6 is 0 Å². The fourth-order valence-electron chi connectivity index (χ4n) is 2.89. The second-order valence-corrected chi connectivity index (χ2v) is 5.02. The highest BCUT2D eigenvalue weighted by Gasteiger charge is 2.17. The minimum absolute atomic E-state index is 0.340. The molecule has 2 heterocycles. The molecule has 0 saturated carbocycles. The molecule has 0 spiro atoms. The Morgan fingerprint density at radius 3 is 2.60 bits per heavy atom. The molecule has 0 radical (unpaired) electrons. The van der Waals surface area contributed by atoms with Gasteiger partial charge in [-0.3, -0.25) is 4.98 Å². The number of aryl methyl sites for hydroxylation is 1. The van der Waals surface area contributed by atoms with Crippen molar-refractivity contribution in [2.75, 3.05) is 0 Å². The Morgan fingerprint density at radius 1 is 1.15 bits per heavy atom. The van der Waals surface area contributed by atoms with Crippen molar-refractivity contribution in [1.82, 2.24) is 9.55 Å². The zero-order valence-corrected chi connectivity index (χ0v) is 11.8. The molecule has 0 aliphatic rings. The molecular weight excluding hydrogens is 248 g/mol. The van der Waals surface area contributed by atoms with Crippen LogP contribution in [0.2, 0.25) is 0 Å². The van der Waals surface area contributed by atoms with E-state index in [2.05, 4.69) is 29.5 Å². The number of benzene rings is 1. The normalized spacial score (nSPS) is 11.1. The fourth-order valence-corrected chi connectivity index (χ4v) is 2.89. The molecule has 0 saturated heterocycles. The van der Waals surface area contributed by atoms with Gasteiger partial charge in [0, 0.05) is 35.6 Å². The maximum atomic E-state index is 10.3. The maximum Gasteiger partial charge on any atom is 0.125 e. The lowest BCUT2D eigenvalue weighted by Gasteiger charge is -2.06. The average Bonchev–Trinajstić information content (AvgIpc) is 2.75. The SMILES string of the molecule is CCCn1c(C)c(-c2ccncc2)c2c(O)cccc21. The summed E-state index contributed by atoms with van der Waals surface area (Å²) >= 11 is 0. The number of aromatic hydroxyl groups is 1. The van der Waals surface area contributed by atoms with E-state index in [1.807, 2.05) is 18.2 Å².